The second-order valence-electron chi connectivity index (χ2n) is 4.24. The van der Waals surface area contributed by atoms with E-state index in [9.17, 15) is 4.79 Å². The van der Waals surface area contributed by atoms with Crippen LogP contribution in [0, 0.1) is 0 Å². The highest BCUT2D eigenvalue weighted by Gasteiger charge is 2.17. The van der Waals surface area contributed by atoms with Crippen LogP contribution in [0.5, 0.6) is 0 Å². The van der Waals surface area contributed by atoms with Crippen LogP contribution in [0.3, 0.4) is 0 Å². The van der Waals surface area contributed by atoms with E-state index in [1.165, 1.54) is 0 Å². The minimum Gasteiger partial charge on any atom is -0.347 e. The molecule has 100 valence electrons. The molecule has 0 saturated heterocycles. The third kappa shape index (κ3) is 2.85. The summed E-state index contributed by atoms with van der Waals surface area (Å²) in [6, 6.07) is 6.93. The van der Waals surface area contributed by atoms with Gasteiger partial charge in [0.2, 0.25) is 11.8 Å². The monoisotopic (exact) mass is 279 g/mol. The van der Waals surface area contributed by atoms with Crippen LogP contribution in [0.1, 0.15) is 10.6 Å². The molecule has 7 heteroatoms. The highest BCUT2D eigenvalue weighted by Crippen LogP contribution is 2.16. The van der Waals surface area contributed by atoms with E-state index in [1.54, 1.807) is 40.8 Å². The minimum absolute atomic E-state index is 0.240. The molecule has 1 N–H and O–H groups in total. The Labute approximate surface area is 116 Å². The number of hydrogen-bond donors (Lipinski definition) is 1. The first-order chi connectivity index (χ1) is 8.99. The number of benzene rings is 1. The summed E-state index contributed by atoms with van der Waals surface area (Å²) in [6.45, 7) is 0. The van der Waals surface area contributed by atoms with Crippen molar-refractivity contribution in [1.29, 1.82) is 0 Å². The van der Waals surface area contributed by atoms with Crippen LogP contribution in [-0.4, -0.2) is 34.8 Å². The zero-order chi connectivity index (χ0) is 14.0. The Morgan fingerprint density at radius 2 is 2.11 bits per heavy atom. The fourth-order valence-corrected chi connectivity index (χ4v) is 1.85. The fraction of sp³-hybridized carbons (Fsp3) is 0.250. The Morgan fingerprint density at radius 3 is 2.68 bits per heavy atom. The van der Waals surface area contributed by atoms with E-state index >= 15 is 0 Å². The molecular formula is C12H14ClN5O. The van der Waals surface area contributed by atoms with Crippen molar-refractivity contribution in [3.63, 3.8) is 0 Å². The van der Waals surface area contributed by atoms with Crippen molar-refractivity contribution in [2.24, 2.45) is 7.05 Å². The normalized spacial score (nSPS) is 10.3. The molecule has 0 fully saturated rings. The lowest BCUT2D eigenvalue weighted by atomic mass is 10.3. The van der Waals surface area contributed by atoms with Crippen LogP contribution in [0.15, 0.2) is 24.3 Å². The molecule has 0 aliphatic heterocycles. The van der Waals surface area contributed by atoms with Gasteiger partial charge < -0.3 is 10.2 Å². The number of aromatic nitrogens is 3. The van der Waals surface area contributed by atoms with Crippen molar-refractivity contribution in [1.82, 2.24) is 14.8 Å². The van der Waals surface area contributed by atoms with E-state index in [-0.39, 0.29) is 11.7 Å². The zero-order valence-corrected chi connectivity index (χ0v) is 11.6. The molecule has 19 heavy (non-hydrogen) atoms. The van der Waals surface area contributed by atoms with Gasteiger partial charge in [0.05, 0.1) is 0 Å². The lowest BCUT2D eigenvalue weighted by Crippen LogP contribution is -2.19. The van der Waals surface area contributed by atoms with Gasteiger partial charge in [0, 0.05) is 31.9 Å². The van der Waals surface area contributed by atoms with Gasteiger partial charge in [-0.25, -0.2) is 0 Å². The number of nitrogens with zero attached hydrogens (tertiary/aromatic N) is 4. The fourth-order valence-electron chi connectivity index (χ4n) is 1.66. The molecule has 0 radical (unpaired) electrons. The Morgan fingerprint density at radius 1 is 1.37 bits per heavy atom. The van der Waals surface area contributed by atoms with Crippen LogP contribution >= 0.6 is 11.6 Å². The quantitative estimate of drug-likeness (QED) is 0.930. The van der Waals surface area contributed by atoms with Gasteiger partial charge in [0.25, 0.3) is 5.91 Å². The summed E-state index contributed by atoms with van der Waals surface area (Å²) in [7, 11) is 5.41. The highest BCUT2D eigenvalue weighted by molar-refractivity contribution is 6.30. The second kappa shape index (κ2) is 5.27. The molecule has 2 rings (SSSR count). The molecule has 0 aliphatic rings. The van der Waals surface area contributed by atoms with Gasteiger partial charge in [-0.2, -0.15) is 0 Å². The van der Waals surface area contributed by atoms with Gasteiger partial charge in [-0.1, -0.05) is 17.7 Å². The number of rotatable bonds is 3. The van der Waals surface area contributed by atoms with Crippen LogP contribution < -0.4 is 10.2 Å². The van der Waals surface area contributed by atoms with Crippen molar-refractivity contribution in [2.45, 2.75) is 0 Å². The molecule has 1 aromatic heterocycles. The molecule has 0 aliphatic carbocycles. The van der Waals surface area contributed by atoms with Crippen LogP contribution in [-0.2, 0) is 7.05 Å². The van der Waals surface area contributed by atoms with Gasteiger partial charge in [0.15, 0.2) is 0 Å². The predicted molar refractivity (Wildman–Crippen MR) is 74.7 cm³/mol. The summed E-state index contributed by atoms with van der Waals surface area (Å²) >= 11 is 5.86. The number of carbonyl (C=O) groups is 1. The molecule has 1 heterocycles. The Hall–Kier alpha value is -2.08. The van der Waals surface area contributed by atoms with Crippen LogP contribution in [0.4, 0.5) is 11.6 Å². The zero-order valence-electron chi connectivity index (χ0n) is 10.9. The van der Waals surface area contributed by atoms with E-state index in [2.05, 4.69) is 15.5 Å². The molecule has 2 aromatic rings. The summed E-state index contributed by atoms with van der Waals surface area (Å²) in [5.41, 5.74) is 0.618. The van der Waals surface area contributed by atoms with Crippen molar-refractivity contribution in [2.75, 3.05) is 24.3 Å². The average Bonchev–Trinajstić information content (AvgIpc) is 2.71. The van der Waals surface area contributed by atoms with Gasteiger partial charge in [0.1, 0.15) is 0 Å². The highest BCUT2D eigenvalue weighted by atomic mass is 35.5. The van der Waals surface area contributed by atoms with E-state index in [4.69, 9.17) is 11.6 Å². The van der Waals surface area contributed by atoms with Gasteiger partial charge in [-0.05, 0) is 18.2 Å². The number of anilines is 2. The second-order valence-corrected chi connectivity index (χ2v) is 4.68. The maximum absolute atomic E-state index is 12.1. The third-order valence-corrected chi connectivity index (χ3v) is 2.77. The average molecular weight is 280 g/mol. The van der Waals surface area contributed by atoms with Crippen molar-refractivity contribution >= 4 is 29.1 Å². The standard InChI is InChI=1S/C12H14ClN5O/c1-17(2)12-16-15-10(18(12)3)11(19)14-9-6-4-5-8(13)7-9/h4-7H,1-3H3,(H,14,19). The predicted octanol–water partition coefficient (Wildman–Crippen LogP) is 1.79. The number of nitrogens with one attached hydrogen (secondary N) is 1. The first-order valence-electron chi connectivity index (χ1n) is 5.62. The largest absolute Gasteiger partial charge is 0.347 e. The van der Waals surface area contributed by atoms with E-state index in [0.29, 0.717) is 16.7 Å². The number of hydrogen-bond acceptors (Lipinski definition) is 4. The topological polar surface area (TPSA) is 63.1 Å². The summed E-state index contributed by atoms with van der Waals surface area (Å²) < 4.78 is 1.62. The van der Waals surface area contributed by atoms with Crippen LogP contribution in [0.25, 0.3) is 0 Å². The Balaban J connectivity index is 2.21. The molecule has 0 unspecified atom stereocenters. The van der Waals surface area contributed by atoms with E-state index in [1.807, 2.05) is 14.1 Å². The number of halogens is 1. The van der Waals surface area contributed by atoms with E-state index in [0.717, 1.165) is 0 Å². The van der Waals surface area contributed by atoms with Gasteiger partial charge in [-0.15, -0.1) is 10.2 Å². The smallest absolute Gasteiger partial charge is 0.293 e. The van der Waals surface area contributed by atoms with Crippen LogP contribution in [0.2, 0.25) is 5.02 Å². The molecule has 0 bridgehead atoms. The molecule has 1 amide bonds. The SMILES string of the molecule is CN(C)c1nnc(C(=O)Nc2cccc(Cl)c2)n1C. The van der Waals surface area contributed by atoms with Gasteiger partial charge in [-0.3, -0.25) is 9.36 Å². The molecule has 0 spiro atoms. The number of amides is 1. The minimum atomic E-state index is -0.328. The van der Waals surface area contributed by atoms with Crippen molar-refractivity contribution in [3.05, 3.63) is 35.1 Å². The maximum Gasteiger partial charge on any atom is 0.293 e. The van der Waals surface area contributed by atoms with E-state index < -0.39 is 0 Å². The summed E-state index contributed by atoms with van der Waals surface area (Å²) in [4.78, 5) is 13.9. The Bertz CT molecular complexity index is 608. The first-order valence-corrected chi connectivity index (χ1v) is 6.00. The van der Waals surface area contributed by atoms with Crippen molar-refractivity contribution < 1.29 is 4.79 Å². The van der Waals surface area contributed by atoms with Gasteiger partial charge >= 0.3 is 0 Å². The molecular weight excluding hydrogens is 266 g/mol. The molecule has 0 atom stereocenters. The van der Waals surface area contributed by atoms with Crippen molar-refractivity contribution in [3.8, 4) is 0 Å². The molecule has 6 nitrogen and oxygen atoms in total. The first kappa shape index (κ1) is 13.4. The maximum atomic E-state index is 12.1. The Kier molecular flexibility index (Phi) is 3.71. The lowest BCUT2D eigenvalue weighted by Gasteiger charge is -2.10. The lowest BCUT2D eigenvalue weighted by molar-refractivity contribution is 0.101. The summed E-state index contributed by atoms with van der Waals surface area (Å²) in [5.74, 6) is 0.519. The third-order valence-electron chi connectivity index (χ3n) is 2.54. The summed E-state index contributed by atoms with van der Waals surface area (Å²) in [6.07, 6.45) is 0. The molecule has 1 aromatic carbocycles. The molecule has 0 saturated carbocycles. The summed E-state index contributed by atoms with van der Waals surface area (Å²) in [5, 5.41) is 11.1. The number of carbonyl (C=O) groups excluding carboxylic acids is 1.